The molecule has 0 fully saturated rings. The standard InChI is InChI=1S/C11H13N.2C10H11N.2C9H10N2/c1-7-4-10-9(3)8(2)5-11(10)12-6-7;2*1-7-5-9-8(2)3-4-10(9)11-6-7;1-6-3-8-7(2)10-5-9(8)11-4-6;1-6-3-4-8-9(6)11-7(2)5-10-8/h4,6H,5H2,1-3H3;2*3,5-6H,4H2,1-2H3;3-4H,5H2,1-2H3;3,5H,4H2,1-2H3. The van der Waals surface area contributed by atoms with Crippen molar-refractivity contribution in [1.82, 2.24) is 29.9 Å². The number of rotatable bonds is 0. The maximum atomic E-state index is 4.42. The summed E-state index contributed by atoms with van der Waals surface area (Å²) < 4.78 is 0. The number of hydrogen-bond acceptors (Lipinski definition) is 7. The van der Waals surface area contributed by atoms with E-state index in [1.54, 1.807) is 0 Å². The number of fused-ring (bicyclic) bond motifs is 5. The maximum Gasteiger partial charge on any atom is 0.0877 e. The third kappa shape index (κ3) is 9.39. The molecule has 0 bridgehead atoms. The molecule has 56 heavy (non-hydrogen) atoms. The number of pyridine rings is 4. The Morgan fingerprint density at radius 2 is 0.875 bits per heavy atom. The summed E-state index contributed by atoms with van der Waals surface area (Å²) in [6.07, 6.45) is 20.2. The summed E-state index contributed by atoms with van der Waals surface area (Å²) in [6, 6.07) is 8.80. The number of aliphatic imine (C=N–C) groups is 1. The first-order chi connectivity index (χ1) is 26.8. The second kappa shape index (κ2) is 17.4. The Hall–Kier alpha value is -5.69. The van der Waals surface area contributed by atoms with E-state index in [2.05, 4.69) is 140 Å². The molecule has 10 rings (SSSR count). The van der Waals surface area contributed by atoms with Crippen molar-refractivity contribution < 1.29 is 0 Å². The number of nitrogens with zero attached hydrogens (tertiary/aromatic N) is 7. The van der Waals surface area contributed by atoms with E-state index >= 15 is 0 Å². The van der Waals surface area contributed by atoms with Crippen LogP contribution < -0.4 is 0 Å². The number of aryl methyl sites for hydroxylation is 5. The fourth-order valence-electron chi connectivity index (χ4n) is 7.23. The Bertz CT molecular complexity index is 2190. The molecule has 6 heterocycles. The fraction of sp³-hybridized carbons (Fsp3) is 0.327. The Kier molecular flexibility index (Phi) is 12.4. The van der Waals surface area contributed by atoms with Crippen LogP contribution in [0.4, 0.5) is 0 Å². The largest absolute Gasteiger partial charge is 0.283 e. The molecule has 7 nitrogen and oxygen atoms in total. The van der Waals surface area contributed by atoms with Gasteiger partial charge in [-0.05, 0) is 162 Å². The Morgan fingerprint density at radius 1 is 0.429 bits per heavy atom. The predicted octanol–water partition coefficient (Wildman–Crippen LogP) is 10.9. The minimum Gasteiger partial charge on any atom is -0.283 e. The van der Waals surface area contributed by atoms with Crippen LogP contribution in [-0.4, -0.2) is 35.6 Å². The molecule has 7 heteroatoms. The molecule has 5 aliphatic rings. The third-order valence-corrected chi connectivity index (χ3v) is 10.8. The van der Waals surface area contributed by atoms with Crippen LogP contribution >= 0.6 is 0 Å². The molecule has 1 aliphatic heterocycles. The highest BCUT2D eigenvalue weighted by molar-refractivity contribution is 6.01. The van der Waals surface area contributed by atoms with Gasteiger partial charge in [-0.15, -0.1) is 0 Å². The number of hydrogen-bond donors (Lipinski definition) is 0. The van der Waals surface area contributed by atoms with Gasteiger partial charge in [0.1, 0.15) is 0 Å². The summed E-state index contributed by atoms with van der Waals surface area (Å²) in [5, 5.41) is 0. The molecule has 0 aromatic carbocycles. The van der Waals surface area contributed by atoms with E-state index in [0.717, 1.165) is 60.7 Å². The molecule has 0 atom stereocenters. The predicted molar refractivity (Wildman–Crippen MR) is 233 cm³/mol. The van der Waals surface area contributed by atoms with Crippen molar-refractivity contribution in [2.75, 3.05) is 0 Å². The van der Waals surface area contributed by atoms with Crippen molar-refractivity contribution in [3.8, 4) is 0 Å². The van der Waals surface area contributed by atoms with Gasteiger partial charge in [0.15, 0.2) is 0 Å². The SMILES string of the molecule is CC1=C(C)c2cc(C)cnc2C1.CC1=CCc2ncc(C)cc21.CC1=CCc2ncc(C)cc21.CC1=CCc2ncc(C)nc21.CC1=NCc2ncc(C)cc21. The van der Waals surface area contributed by atoms with Crippen molar-refractivity contribution in [3.63, 3.8) is 0 Å². The molecule has 5 aromatic heterocycles. The van der Waals surface area contributed by atoms with E-state index in [1.165, 1.54) is 89.5 Å². The molecule has 286 valence electrons. The molecule has 0 spiro atoms. The first-order valence-corrected chi connectivity index (χ1v) is 19.6. The molecule has 5 aromatic rings. The molecular weight excluding hydrogens is 687 g/mol. The third-order valence-electron chi connectivity index (χ3n) is 10.8. The minimum absolute atomic E-state index is 0.765. The molecule has 0 radical (unpaired) electrons. The lowest BCUT2D eigenvalue weighted by molar-refractivity contribution is 1.02. The summed E-state index contributed by atoms with van der Waals surface area (Å²) in [4.78, 5) is 30.4. The Morgan fingerprint density at radius 3 is 1.45 bits per heavy atom. The normalized spacial score (nSPS) is 14.7. The summed E-state index contributed by atoms with van der Waals surface area (Å²) in [5.41, 5.74) is 26.2. The first kappa shape index (κ1) is 40.0. The monoisotopic (exact) mass is 741 g/mol. The van der Waals surface area contributed by atoms with E-state index in [-0.39, 0.29) is 0 Å². The van der Waals surface area contributed by atoms with Gasteiger partial charge in [-0.2, -0.15) is 0 Å². The van der Waals surface area contributed by atoms with Crippen molar-refractivity contribution >= 4 is 28.0 Å². The average Bonchev–Trinajstić information content (AvgIpc) is 4.00. The van der Waals surface area contributed by atoms with Gasteiger partial charge in [0.25, 0.3) is 0 Å². The zero-order valence-electron chi connectivity index (χ0n) is 35.1. The van der Waals surface area contributed by atoms with Gasteiger partial charge in [0, 0.05) is 67.9 Å². The minimum atomic E-state index is 0.765. The molecule has 0 saturated carbocycles. The number of aromatic nitrogens is 6. The maximum absolute atomic E-state index is 4.42. The van der Waals surface area contributed by atoms with Crippen molar-refractivity contribution in [2.24, 2.45) is 4.99 Å². The van der Waals surface area contributed by atoms with Crippen LogP contribution in [-0.2, 0) is 32.2 Å². The topological polar surface area (TPSA) is 89.7 Å². The van der Waals surface area contributed by atoms with E-state index in [9.17, 15) is 0 Å². The average molecular weight is 742 g/mol. The summed E-state index contributed by atoms with van der Waals surface area (Å²) in [5.74, 6) is 0. The van der Waals surface area contributed by atoms with Crippen LogP contribution in [0.25, 0.3) is 22.3 Å². The molecule has 4 aliphatic carbocycles. The van der Waals surface area contributed by atoms with Gasteiger partial charge in [0.05, 0.1) is 46.4 Å². The van der Waals surface area contributed by atoms with E-state index in [4.69, 9.17) is 0 Å². The first-order valence-electron chi connectivity index (χ1n) is 19.6. The van der Waals surface area contributed by atoms with Crippen molar-refractivity contribution in [2.45, 2.75) is 108 Å². The fourth-order valence-corrected chi connectivity index (χ4v) is 7.23. The lowest BCUT2D eigenvalue weighted by Gasteiger charge is -2.00. The van der Waals surface area contributed by atoms with Crippen LogP contribution in [0, 0.1) is 34.6 Å². The second-order valence-electron chi connectivity index (χ2n) is 15.6. The van der Waals surface area contributed by atoms with Gasteiger partial charge >= 0.3 is 0 Å². The van der Waals surface area contributed by atoms with Crippen molar-refractivity contribution in [3.05, 3.63) is 163 Å². The van der Waals surface area contributed by atoms with E-state index in [0.29, 0.717) is 0 Å². The molecule has 0 amide bonds. The molecule has 0 unspecified atom stereocenters. The molecule has 0 N–H and O–H groups in total. The molecule has 0 saturated heterocycles. The van der Waals surface area contributed by atoms with E-state index < -0.39 is 0 Å². The van der Waals surface area contributed by atoms with Crippen LogP contribution in [0.3, 0.4) is 0 Å². The highest BCUT2D eigenvalue weighted by Crippen LogP contribution is 2.31. The van der Waals surface area contributed by atoms with Gasteiger partial charge in [0.2, 0.25) is 0 Å². The lowest BCUT2D eigenvalue weighted by atomic mass is 10.1. The molecular formula is C49H55N7. The van der Waals surface area contributed by atoms with E-state index in [1.807, 2.05) is 44.8 Å². The highest BCUT2D eigenvalue weighted by Gasteiger charge is 2.17. The zero-order chi connectivity index (χ0) is 40.1. The summed E-state index contributed by atoms with van der Waals surface area (Å²) >= 11 is 0. The highest BCUT2D eigenvalue weighted by atomic mass is 14.8. The van der Waals surface area contributed by atoms with Crippen LogP contribution in [0.2, 0.25) is 0 Å². The van der Waals surface area contributed by atoms with Crippen LogP contribution in [0.15, 0.2) is 84.0 Å². The number of allylic oxidation sites excluding steroid dienone is 8. The quantitative estimate of drug-likeness (QED) is 0.157. The second-order valence-corrected chi connectivity index (χ2v) is 15.6. The summed E-state index contributed by atoms with van der Waals surface area (Å²) in [7, 11) is 0. The summed E-state index contributed by atoms with van der Waals surface area (Å²) in [6.45, 7) is 23.8. The van der Waals surface area contributed by atoms with Crippen LogP contribution in [0.1, 0.15) is 126 Å². The Labute approximate surface area is 333 Å². The lowest BCUT2D eigenvalue weighted by Crippen LogP contribution is -1.94. The van der Waals surface area contributed by atoms with Gasteiger partial charge in [-0.25, -0.2) is 4.98 Å². The Balaban J connectivity index is 0.000000119. The van der Waals surface area contributed by atoms with Crippen molar-refractivity contribution in [1.29, 1.82) is 0 Å². The van der Waals surface area contributed by atoms with Gasteiger partial charge in [-0.1, -0.05) is 23.8 Å². The smallest absolute Gasteiger partial charge is 0.0877 e. The zero-order valence-corrected chi connectivity index (χ0v) is 35.1. The van der Waals surface area contributed by atoms with Crippen LogP contribution in [0.5, 0.6) is 0 Å². The van der Waals surface area contributed by atoms with Gasteiger partial charge < -0.3 is 0 Å². The van der Waals surface area contributed by atoms with Gasteiger partial charge in [-0.3, -0.25) is 29.9 Å².